The number of aliphatic carboxylic acids is 1. The van der Waals surface area contributed by atoms with Gasteiger partial charge in [-0.05, 0) is 42.7 Å². The molecule has 0 radical (unpaired) electrons. The molecule has 0 spiro atoms. The Balaban J connectivity index is 1.78. The van der Waals surface area contributed by atoms with Crippen molar-refractivity contribution in [3.63, 3.8) is 0 Å². The van der Waals surface area contributed by atoms with Crippen LogP contribution >= 0.6 is 0 Å². The number of hydrogen-bond donors (Lipinski definition) is 1. The molecule has 138 valence electrons. The summed E-state index contributed by atoms with van der Waals surface area (Å²) in [5.74, 6) is 0.114. The van der Waals surface area contributed by atoms with Crippen LogP contribution < -0.4 is 4.74 Å². The first-order chi connectivity index (χ1) is 12.5. The van der Waals surface area contributed by atoms with Crippen LogP contribution in [0.1, 0.15) is 38.2 Å². The molecule has 1 N–H and O–H groups in total. The summed E-state index contributed by atoms with van der Waals surface area (Å²) < 4.78 is 11.1. The number of carbonyl (C=O) groups excluding carboxylic acids is 1. The average molecular weight is 356 g/mol. The van der Waals surface area contributed by atoms with Gasteiger partial charge in [-0.3, -0.25) is 9.59 Å². The molecule has 5 heteroatoms. The van der Waals surface area contributed by atoms with E-state index in [-0.39, 0.29) is 24.9 Å². The molecular weight excluding hydrogens is 332 g/mol. The maximum atomic E-state index is 12.1. The van der Waals surface area contributed by atoms with Gasteiger partial charge in [0, 0.05) is 6.42 Å². The standard InChI is InChI=1S/C21H24O5/c1-16(8-5-6-13-20(22)23)21(24)25-15-17-9-7-12-19(14-17)26-18-10-3-2-4-11-18/h2-4,7,9-12,14,16H,5-6,8,13,15H2,1H3,(H,22,23). The molecule has 0 bridgehead atoms. The van der Waals surface area contributed by atoms with E-state index in [2.05, 4.69) is 0 Å². The van der Waals surface area contributed by atoms with Crippen LogP contribution in [0.25, 0.3) is 0 Å². The molecule has 1 atom stereocenters. The summed E-state index contributed by atoms with van der Waals surface area (Å²) in [5, 5.41) is 8.61. The van der Waals surface area contributed by atoms with Crippen LogP contribution in [0.15, 0.2) is 54.6 Å². The van der Waals surface area contributed by atoms with Crippen LogP contribution in [-0.4, -0.2) is 17.0 Å². The lowest BCUT2D eigenvalue weighted by Gasteiger charge is -2.12. The number of carbonyl (C=O) groups is 2. The molecule has 0 aliphatic rings. The highest BCUT2D eigenvalue weighted by atomic mass is 16.5. The molecule has 2 aromatic rings. The van der Waals surface area contributed by atoms with Crippen molar-refractivity contribution >= 4 is 11.9 Å². The van der Waals surface area contributed by atoms with Crippen LogP contribution in [0.4, 0.5) is 0 Å². The Morgan fingerprint density at radius 3 is 2.46 bits per heavy atom. The fourth-order valence-corrected chi connectivity index (χ4v) is 2.46. The predicted molar refractivity (Wildman–Crippen MR) is 98.0 cm³/mol. The van der Waals surface area contributed by atoms with Gasteiger partial charge in [0.2, 0.25) is 0 Å². The molecule has 0 saturated heterocycles. The zero-order valence-corrected chi connectivity index (χ0v) is 14.9. The lowest BCUT2D eigenvalue weighted by Crippen LogP contribution is -2.14. The summed E-state index contributed by atoms with van der Waals surface area (Å²) in [6.45, 7) is 1.99. The Morgan fingerprint density at radius 2 is 1.73 bits per heavy atom. The van der Waals surface area contributed by atoms with Gasteiger partial charge in [-0.15, -0.1) is 0 Å². The van der Waals surface area contributed by atoms with Crippen molar-refractivity contribution in [1.82, 2.24) is 0 Å². The first kappa shape index (κ1) is 19.5. The topological polar surface area (TPSA) is 72.8 Å². The van der Waals surface area contributed by atoms with Crippen LogP contribution in [0.5, 0.6) is 11.5 Å². The SMILES string of the molecule is CC(CCCCC(=O)O)C(=O)OCc1cccc(Oc2ccccc2)c1. The van der Waals surface area contributed by atoms with Crippen molar-refractivity contribution in [1.29, 1.82) is 0 Å². The average Bonchev–Trinajstić information content (AvgIpc) is 2.64. The molecule has 0 fully saturated rings. The lowest BCUT2D eigenvalue weighted by molar-refractivity contribution is -0.149. The second-order valence-electron chi connectivity index (χ2n) is 6.21. The van der Waals surface area contributed by atoms with Crippen molar-refractivity contribution in [2.45, 2.75) is 39.2 Å². The smallest absolute Gasteiger partial charge is 0.308 e. The maximum Gasteiger partial charge on any atom is 0.308 e. The lowest BCUT2D eigenvalue weighted by atomic mass is 10.0. The monoisotopic (exact) mass is 356 g/mol. The summed E-state index contributed by atoms with van der Waals surface area (Å²) in [4.78, 5) is 22.5. The highest BCUT2D eigenvalue weighted by Crippen LogP contribution is 2.22. The molecule has 0 heterocycles. The Kier molecular flexibility index (Phi) is 7.68. The van der Waals surface area contributed by atoms with Crippen LogP contribution in [0, 0.1) is 5.92 Å². The van der Waals surface area contributed by atoms with E-state index in [9.17, 15) is 9.59 Å². The molecule has 2 aromatic carbocycles. The van der Waals surface area contributed by atoms with E-state index < -0.39 is 5.97 Å². The summed E-state index contributed by atoms with van der Waals surface area (Å²) in [6, 6.07) is 16.9. The van der Waals surface area contributed by atoms with Gasteiger partial charge < -0.3 is 14.6 Å². The van der Waals surface area contributed by atoms with Gasteiger partial charge in [-0.2, -0.15) is 0 Å². The summed E-state index contributed by atoms with van der Waals surface area (Å²) in [6.07, 6.45) is 2.04. The second kappa shape index (κ2) is 10.2. The van der Waals surface area contributed by atoms with E-state index in [0.717, 1.165) is 11.3 Å². The summed E-state index contributed by atoms with van der Waals surface area (Å²) >= 11 is 0. The molecule has 5 nitrogen and oxygen atoms in total. The minimum atomic E-state index is -0.808. The first-order valence-electron chi connectivity index (χ1n) is 8.75. The maximum absolute atomic E-state index is 12.1. The highest BCUT2D eigenvalue weighted by molar-refractivity contribution is 5.72. The van der Waals surface area contributed by atoms with Gasteiger partial charge in [-0.25, -0.2) is 0 Å². The number of ether oxygens (including phenoxy) is 2. The third kappa shape index (κ3) is 6.97. The molecule has 1 unspecified atom stereocenters. The normalized spacial score (nSPS) is 11.6. The van der Waals surface area contributed by atoms with E-state index in [4.69, 9.17) is 14.6 Å². The zero-order chi connectivity index (χ0) is 18.8. The fourth-order valence-electron chi connectivity index (χ4n) is 2.46. The minimum Gasteiger partial charge on any atom is -0.481 e. The summed E-state index contributed by atoms with van der Waals surface area (Å²) in [5.41, 5.74) is 0.852. The van der Waals surface area contributed by atoms with Crippen molar-refractivity contribution < 1.29 is 24.2 Å². The Labute approximate surface area is 153 Å². The zero-order valence-electron chi connectivity index (χ0n) is 14.9. The van der Waals surface area contributed by atoms with Crippen molar-refractivity contribution in [2.75, 3.05) is 0 Å². The van der Waals surface area contributed by atoms with Gasteiger partial charge in [0.1, 0.15) is 18.1 Å². The number of esters is 1. The third-order valence-corrected chi connectivity index (χ3v) is 3.94. The number of para-hydroxylation sites is 1. The summed E-state index contributed by atoms with van der Waals surface area (Å²) in [7, 11) is 0. The van der Waals surface area contributed by atoms with Crippen molar-refractivity contribution in [2.24, 2.45) is 5.92 Å². The predicted octanol–water partition coefficient (Wildman–Crippen LogP) is 4.80. The molecule has 26 heavy (non-hydrogen) atoms. The molecule has 0 aliphatic carbocycles. The molecule has 0 aliphatic heterocycles. The van der Waals surface area contributed by atoms with E-state index in [1.165, 1.54) is 0 Å². The van der Waals surface area contributed by atoms with Gasteiger partial charge in [0.05, 0.1) is 5.92 Å². The number of benzene rings is 2. The van der Waals surface area contributed by atoms with Gasteiger partial charge in [-0.1, -0.05) is 43.7 Å². The van der Waals surface area contributed by atoms with Gasteiger partial charge in [0.25, 0.3) is 0 Å². The molecule has 2 rings (SSSR count). The van der Waals surface area contributed by atoms with E-state index in [1.54, 1.807) is 6.92 Å². The van der Waals surface area contributed by atoms with Crippen molar-refractivity contribution in [3.8, 4) is 11.5 Å². The number of rotatable bonds is 10. The number of unbranched alkanes of at least 4 members (excludes halogenated alkanes) is 1. The Hall–Kier alpha value is -2.82. The Bertz CT molecular complexity index is 711. The van der Waals surface area contributed by atoms with Crippen LogP contribution in [0.2, 0.25) is 0 Å². The third-order valence-electron chi connectivity index (χ3n) is 3.94. The highest BCUT2D eigenvalue weighted by Gasteiger charge is 2.14. The van der Waals surface area contributed by atoms with E-state index in [1.807, 2.05) is 54.6 Å². The molecular formula is C21H24O5. The van der Waals surface area contributed by atoms with E-state index >= 15 is 0 Å². The quantitative estimate of drug-likeness (QED) is 0.489. The molecule has 0 aromatic heterocycles. The Morgan fingerprint density at radius 1 is 1.00 bits per heavy atom. The largest absolute Gasteiger partial charge is 0.481 e. The number of carboxylic acid groups (broad SMARTS) is 1. The van der Waals surface area contributed by atoms with E-state index in [0.29, 0.717) is 25.0 Å². The van der Waals surface area contributed by atoms with Gasteiger partial charge >= 0.3 is 11.9 Å². The fraction of sp³-hybridized carbons (Fsp3) is 0.333. The first-order valence-corrected chi connectivity index (χ1v) is 8.75. The van der Waals surface area contributed by atoms with Crippen molar-refractivity contribution in [3.05, 3.63) is 60.2 Å². The molecule has 0 amide bonds. The van der Waals surface area contributed by atoms with Crippen LogP contribution in [-0.2, 0) is 20.9 Å². The minimum absolute atomic E-state index is 0.135. The van der Waals surface area contributed by atoms with Crippen LogP contribution in [0.3, 0.4) is 0 Å². The number of carboxylic acids is 1. The second-order valence-corrected chi connectivity index (χ2v) is 6.21. The molecule has 0 saturated carbocycles. The number of hydrogen-bond acceptors (Lipinski definition) is 4. The van der Waals surface area contributed by atoms with Gasteiger partial charge in [0.15, 0.2) is 0 Å².